The Morgan fingerprint density at radius 1 is 1.40 bits per heavy atom. The maximum absolute atomic E-state index is 11.9. The number of amides is 1. The number of rotatable bonds is 6. The first-order chi connectivity index (χ1) is 9.78. The van der Waals surface area contributed by atoms with Crippen molar-refractivity contribution < 1.29 is 9.53 Å². The Labute approximate surface area is 122 Å². The van der Waals surface area contributed by atoms with Gasteiger partial charge in [-0.05, 0) is 44.8 Å². The Balaban J connectivity index is 1.57. The third-order valence-corrected chi connectivity index (χ3v) is 4.44. The van der Waals surface area contributed by atoms with E-state index in [1.807, 2.05) is 0 Å². The predicted molar refractivity (Wildman–Crippen MR) is 79.7 cm³/mol. The summed E-state index contributed by atoms with van der Waals surface area (Å²) >= 11 is 0. The number of likely N-dealkylation sites (N-methyl/N-ethyl adjacent to an activating group) is 1. The number of carbonyl (C=O) groups excluding carboxylic acids is 1. The van der Waals surface area contributed by atoms with Gasteiger partial charge in [0.2, 0.25) is 5.91 Å². The second kappa shape index (κ2) is 8.60. The van der Waals surface area contributed by atoms with E-state index in [2.05, 4.69) is 22.5 Å². The zero-order chi connectivity index (χ0) is 14.2. The summed E-state index contributed by atoms with van der Waals surface area (Å²) in [4.78, 5) is 14.3. The number of ether oxygens (including phenoxy) is 1. The smallest absolute Gasteiger partial charge is 0.220 e. The zero-order valence-corrected chi connectivity index (χ0v) is 12.7. The highest BCUT2D eigenvalue weighted by molar-refractivity contribution is 5.75. The van der Waals surface area contributed by atoms with Gasteiger partial charge in [-0.25, -0.2) is 0 Å². The van der Waals surface area contributed by atoms with Gasteiger partial charge in [-0.15, -0.1) is 0 Å². The molecule has 5 heteroatoms. The first-order valence-electron chi connectivity index (χ1n) is 8.09. The average Bonchev–Trinajstić information content (AvgIpc) is 2.52. The molecule has 0 aromatic carbocycles. The third kappa shape index (κ3) is 5.38. The maximum Gasteiger partial charge on any atom is 0.220 e. The van der Waals surface area contributed by atoms with E-state index in [1.165, 1.54) is 12.8 Å². The summed E-state index contributed by atoms with van der Waals surface area (Å²) in [6.07, 6.45) is 4.27. The summed E-state index contributed by atoms with van der Waals surface area (Å²) in [5.74, 6) is 0.907. The fourth-order valence-electron chi connectivity index (χ4n) is 3.01. The summed E-state index contributed by atoms with van der Waals surface area (Å²) in [5.41, 5.74) is 0. The minimum absolute atomic E-state index is 0.159. The van der Waals surface area contributed by atoms with Gasteiger partial charge in [-0.1, -0.05) is 6.92 Å². The third-order valence-electron chi connectivity index (χ3n) is 4.44. The van der Waals surface area contributed by atoms with Crippen LogP contribution >= 0.6 is 0 Å². The molecule has 1 atom stereocenters. The Kier molecular flexibility index (Phi) is 6.76. The summed E-state index contributed by atoms with van der Waals surface area (Å²) in [5, 5.41) is 6.39. The molecule has 0 spiro atoms. The molecular weight excluding hydrogens is 254 g/mol. The molecule has 0 aromatic heterocycles. The lowest BCUT2D eigenvalue weighted by atomic mass is 9.93. The molecule has 116 valence electrons. The van der Waals surface area contributed by atoms with Crippen molar-refractivity contribution in [2.24, 2.45) is 5.92 Å². The number of nitrogens with one attached hydrogen (secondary N) is 2. The molecule has 0 saturated carbocycles. The van der Waals surface area contributed by atoms with Crippen LogP contribution in [-0.2, 0) is 9.53 Å². The predicted octanol–water partition coefficient (Wildman–Crippen LogP) is 0.603. The Morgan fingerprint density at radius 3 is 2.95 bits per heavy atom. The molecule has 0 radical (unpaired) electrons. The molecule has 1 amide bonds. The minimum atomic E-state index is 0.159. The number of morpholine rings is 1. The van der Waals surface area contributed by atoms with Crippen molar-refractivity contribution in [3.8, 4) is 0 Å². The van der Waals surface area contributed by atoms with Crippen LogP contribution in [0.2, 0.25) is 0 Å². The van der Waals surface area contributed by atoms with E-state index in [9.17, 15) is 4.79 Å². The molecule has 0 aromatic rings. The number of carbonyl (C=O) groups is 1. The molecule has 2 N–H and O–H groups in total. The fraction of sp³-hybridized carbons (Fsp3) is 0.933. The second-order valence-corrected chi connectivity index (χ2v) is 5.92. The summed E-state index contributed by atoms with van der Waals surface area (Å²) < 4.78 is 5.69. The number of hydrogen-bond acceptors (Lipinski definition) is 4. The summed E-state index contributed by atoms with van der Waals surface area (Å²) in [7, 11) is 0. The molecule has 2 fully saturated rings. The molecular formula is C15H29N3O2. The SMILES string of the molecule is CCN1CCOC(CNC(=O)CCC2CCNCC2)C1. The van der Waals surface area contributed by atoms with E-state index in [4.69, 9.17) is 4.74 Å². The lowest BCUT2D eigenvalue weighted by Gasteiger charge is -2.32. The standard InChI is InChI=1S/C15H29N3O2/c1-2-18-9-10-20-14(12-18)11-17-15(19)4-3-13-5-7-16-8-6-13/h13-14,16H,2-12H2,1H3,(H,17,19). The maximum atomic E-state index is 11.9. The van der Waals surface area contributed by atoms with Crippen molar-refractivity contribution >= 4 is 5.91 Å². The van der Waals surface area contributed by atoms with E-state index in [-0.39, 0.29) is 12.0 Å². The highest BCUT2D eigenvalue weighted by atomic mass is 16.5. The molecule has 2 heterocycles. The molecule has 2 aliphatic rings. The van der Waals surface area contributed by atoms with Crippen LogP contribution in [0.1, 0.15) is 32.6 Å². The normalized spacial score (nSPS) is 25.6. The molecule has 20 heavy (non-hydrogen) atoms. The van der Waals surface area contributed by atoms with Crippen molar-refractivity contribution in [2.75, 3.05) is 45.9 Å². The van der Waals surface area contributed by atoms with Crippen LogP contribution in [0.3, 0.4) is 0 Å². The van der Waals surface area contributed by atoms with E-state index < -0.39 is 0 Å². The van der Waals surface area contributed by atoms with Crippen molar-refractivity contribution in [3.63, 3.8) is 0 Å². The molecule has 1 unspecified atom stereocenters. The Hall–Kier alpha value is -0.650. The van der Waals surface area contributed by atoms with Gasteiger partial charge < -0.3 is 15.4 Å². The summed E-state index contributed by atoms with van der Waals surface area (Å²) in [6, 6.07) is 0. The number of hydrogen-bond donors (Lipinski definition) is 2. The van der Waals surface area contributed by atoms with Crippen molar-refractivity contribution in [1.29, 1.82) is 0 Å². The van der Waals surface area contributed by atoms with Crippen LogP contribution in [-0.4, -0.2) is 62.8 Å². The zero-order valence-electron chi connectivity index (χ0n) is 12.7. The monoisotopic (exact) mass is 283 g/mol. The van der Waals surface area contributed by atoms with Crippen LogP contribution in [0.5, 0.6) is 0 Å². The highest BCUT2D eigenvalue weighted by Crippen LogP contribution is 2.17. The van der Waals surface area contributed by atoms with Crippen molar-refractivity contribution in [3.05, 3.63) is 0 Å². The van der Waals surface area contributed by atoms with Crippen LogP contribution in [0, 0.1) is 5.92 Å². The van der Waals surface area contributed by atoms with E-state index in [1.54, 1.807) is 0 Å². The van der Waals surface area contributed by atoms with E-state index in [0.717, 1.165) is 51.7 Å². The van der Waals surface area contributed by atoms with E-state index >= 15 is 0 Å². The van der Waals surface area contributed by atoms with Gasteiger partial charge in [0.15, 0.2) is 0 Å². The van der Waals surface area contributed by atoms with Gasteiger partial charge in [0, 0.05) is 26.1 Å². The number of nitrogens with zero attached hydrogens (tertiary/aromatic N) is 1. The minimum Gasteiger partial charge on any atom is -0.374 e. The van der Waals surface area contributed by atoms with E-state index in [0.29, 0.717) is 13.0 Å². The van der Waals surface area contributed by atoms with Gasteiger partial charge in [-0.2, -0.15) is 0 Å². The first kappa shape index (κ1) is 15.7. The number of piperidine rings is 1. The largest absolute Gasteiger partial charge is 0.374 e. The summed E-state index contributed by atoms with van der Waals surface area (Å²) in [6.45, 7) is 8.82. The van der Waals surface area contributed by atoms with Gasteiger partial charge in [0.1, 0.15) is 0 Å². The molecule has 5 nitrogen and oxygen atoms in total. The fourth-order valence-corrected chi connectivity index (χ4v) is 3.01. The van der Waals surface area contributed by atoms with Gasteiger partial charge in [-0.3, -0.25) is 9.69 Å². The lowest BCUT2D eigenvalue weighted by Crippen LogP contribution is -2.47. The average molecular weight is 283 g/mol. The van der Waals surface area contributed by atoms with Gasteiger partial charge in [0.05, 0.1) is 12.7 Å². The Morgan fingerprint density at radius 2 is 2.20 bits per heavy atom. The highest BCUT2D eigenvalue weighted by Gasteiger charge is 2.20. The molecule has 2 saturated heterocycles. The molecule has 0 bridgehead atoms. The van der Waals surface area contributed by atoms with Crippen LogP contribution in [0.25, 0.3) is 0 Å². The second-order valence-electron chi connectivity index (χ2n) is 5.92. The van der Waals surface area contributed by atoms with Crippen LogP contribution in [0.4, 0.5) is 0 Å². The Bertz CT molecular complexity index is 293. The molecule has 0 aliphatic carbocycles. The first-order valence-corrected chi connectivity index (χ1v) is 8.09. The van der Waals surface area contributed by atoms with Crippen molar-refractivity contribution in [2.45, 2.75) is 38.7 Å². The lowest BCUT2D eigenvalue weighted by molar-refractivity contribution is -0.122. The van der Waals surface area contributed by atoms with Crippen LogP contribution < -0.4 is 10.6 Å². The molecule has 2 aliphatic heterocycles. The van der Waals surface area contributed by atoms with Gasteiger partial charge >= 0.3 is 0 Å². The topological polar surface area (TPSA) is 53.6 Å². The molecule has 2 rings (SSSR count). The van der Waals surface area contributed by atoms with Crippen molar-refractivity contribution in [1.82, 2.24) is 15.5 Å². The van der Waals surface area contributed by atoms with Gasteiger partial charge in [0.25, 0.3) is 0 Å². The van der Waals surface area contributed by atoms with Crippen LogP contribution in [0.15, 0.2) is 0 Å². The quantitative estimate of drug-likeness (QED) is 0.750.